The van der Waals surface area contributed by atoms with E-state index in [0.717, 1.165) is 69.4 Å². The Labute approximate surface area is 180 Å². The van der Waals surface area contributed by atoms with Crippen LogP contribution >= 0.6 is 11.8 Å². The maximum Gasteiger partial charge on any atom is 0.255 e. The van der Waals surface area contributed by atoms with Crippen LogP contribution in [0.4, 0.5) is 0 Å². The normalized spacial score (nSPS) is 20.0. The summed E-state index contributed by atoms with van der Waals surface area (Å²) in [7, 11) is -3.64. The van der Waals surface area contributed by atoms with Crippen molar-refractivity contribution in [1.29, 1.82) is 0 Å². The average Bonchev–Trinajstić information content (AvgIpc) is 2.98. The monoisotopic (exact) mass is 438 g/mol. The average molecular weight is 439 g/mol. The molecule has 1 amide bonds. The van der Waals surface area contributed by atoms with Gasteiger partial charge in [0, 0.05) is 24.0 Å². The Kier molecular flexibility index (Phi) is 8.45. The van der Waals surface area contributed by atoms with E-state index in [2.05, 4.69) is 4.72 Å². The van der Waals surface area contributed by atoms with Gasteiger partial charge in [0.2, 0.25) is 10.0 Å². The van der Waals surface area contributed by atoms with Gasteiger partial charge in [-0.2, -0.15) is 0 Å². The van der Waals surface area contributed by atoms with Crippen LogP contribution in [-0.4, -0.2) is 44.6 Å². The first kappa shape index (κ1) is 22.6. The Morgan fingerprint density at radius 1 is 0.966 bits per heavy atom. The fraction of sp³-hybridized carbons (Fsp3) is 0.682. The van der Waals surface area contributed by atoms with Crippen LogP contribution < -0.4 is 4.72 Å². The van der Waals surface area contributed by atoms with E-state index in [1.165, 1.54) is 31.0 Å². The highest BCUT2D eigenvalue weighted by Gasteiger charge is 2.25. The maximum absolute atomic E-state index is 13.2. The molecular weight excluding hydrogens is 404 g/mol. The van der Waals surface area contributed by atoms with Gasteiger partial charge in [-0.05, 0) is 50.1 Å². The lowest BCUT2D eigenvalue weighted by Gasteiger charge is -2.23. The van der Waals surface area contributed by atoms with E-state index in [4.69, 9.17) is 0 Å². The molecule has 1 aromatic rings. The molecule has 2 aliphatic rings. The molecule has 1 saturated carbocycles. The van der Waals surface area contributed by atoms with Gasteiger partial charge >= 0.3 is 0 Å². The number of rotatable bonds is 5. The molecule has 0 atom stereocenters. The van der Waals surface area contributed by atoms with E-state index in [-0.39, 0.29) is 16.8 Å². The topological polar surface area (TPSA) is 66.5 Å². The van der Waals surface area contributed by atoms with Gasteiger partial charge in [0.15, 0.2) is 0 Å². The van der Waals surface area contributed by atoms with Gasteiger partial charge in [-0.1, -0.05) is 44.9 Å². The second-order valence-corrected chi connectivity index (χ2v) is 10.8. The summed E-state index contributed by atoms with van der Waals surface area (Å²) in [6, 6.07) is 4.99. The van der Waals surface area contributed by atoms with Gasteiger partial charge in [-0.15, -0.1) is 11.8 Å². The Hall–Kier alpha value is -1.05. The van der Waals surface area contributed by atoms with Crippen molar-refractivity contribution >= 4 is 27.7 Å². The first-order valence-electron chi connectivity index (χ1n) is 11.0. The van der Waals surface area contributed by atoms with Crippen molar-refractivity contribution in [1.82, 2.24) is 9.62 Å². The van der Waals surface area contributed by atoms with E-state index in [9.17, 15) is 13.2 Å². The summed E-state index contributed by atoms with van der Waals surface area (Å²) in [6.45, 7) is 1.51. The smallest absolute Gasteiger partial charge is 0.255 e. The van der Waals surface area contributed by atoms with Crippen molar-refractivity contribution in [2.75, 3.05) is 19.3 Å². The summed E-state index contributed by atoms with van der Waals surface area (Å²) in [5, 5.41) is 0. The number of hydrogen-bond acceptors (Lipinski definition) is 4. The predicted octanol–water partition coefficient (Wildman–Crippen LogP) is 4.82. The molecular formula is C22H34N2O3S2. The van der Waals surface area contributed by atoms with Crippen molar-refractivity contribution in [3.05, 3.63) is 23.8 Å². The molecule has 1 saturated heterocycles. The van der Waals surface area contributed by atoms with E-state index in [1.54, 1.807) is 18.2 Å². The molecule has 0 unspecified atom stereocenters. The quantitative estimate of drug-likeness (QED) is 0.670. The number of thioether (sulfide) groups is 1. The summed E-state index contributed by atoms with van der Waals surface area (Å²) in [6.07, 6.45) is 13.8. The summed E-state index contributed by atoms with van der Waals surface area (Å²) >= 11 is 1.49. The SMILES string of the molecule is CSc1ccc(S(=O)(=O)NC2CCCCCCC2)cc1C(=O)N1CCCCCC1. The number of nitrogens with one attached hydrogen (secondary N) is 1. The van der Waals surface area contributed by atoms with Crippen LogP contribution in [0.3, 0.4) is 0 Å². The van der Waals surface area contributed by atoms with Crippen LogP contribution in [0, 0.1) is 0 Å². The number of hydrogen-bond donors (Lipinski definition) is 1. The molecule has 1 aliphatic carbocycles. The number of nitrogens with zero attached hydrogens (tertiary/aromatic N) is 1. The highest BCUT2D eigenvalue weighted by Crippen LogP contribution is 2.27. The van der Waals surface area contributed by atoms with E-state index in [1.807, 2.05) is 11.2 Å². The Bertz CT molecular complexity index is 779. The van der Waals surface area contributed by atoms with Gasteiger partial charge in [0.05, 0.1) is 10.5 Å². The number of sulfonamides is 1. The fourth-order valence-corrected chi connectivity index (χ4v) is 6.23. The molecule has 2 fully saturated rings. The zero-order valence-corrected chi connectivity index (χ0v) is 19.1. The third-order valence-electron chi connectivity index (χ3n) is 6.03. The molecule has 5 nitrogen and oxygen atoms in total. The summed E-state index contributed by atoms with van der Waals surface area (Å²) in [5.74, 6) is -0.0424. The van der Waals surface area contributed by atoms with E-state index >= 15 is 0 Å². The molecule has 29 heavy (non-hydrogen) atoms. The highest BCUT2D eigenvalue weighted by molar-refractivity contribution is 7.98. The van der Waals surface area contributed by atoms with Gasteiger partial charge < -0.3 is 4.90 Å². The Balaban J connectivity index is 1.81. The lowest BCUT2D eigenvalue weighted by atomic mass is 9.97. The first-order valence-corrected chi connectivity index (χ1v) is 13.7. The summed E-state index contributed by atoms with van der Waals surface area (Å²) < 4.78 is 29.0. The molecule has 1 N–H and O–H groups in total. The van der Waals surface area contributed by atoms with Gasteiger partial charge in [0.1, 0.15) is 0 Å². The molecule has 7 heteroatoms. The van der Waals surface area contributed by atoms with E-state index in [0.29, 0.717) is 5.56 Å². The fourth-order valence-electron chi connectivity index (χ4n) is 4.33. The first-order chi connectivity index (χ1) is 14.0. The molecule has 162 valence electrons. The van der Waals surface area contributed by atoms with E-state index < -0.39 is 10.0 Å². The van der Waals surface area contributed by atoms with Crippen molar-refractivity contribution in [2.24, 2.45) is 0 Å². The number of carbonyl (C=O) groups is 1. The molecule has 0 aromatic heterocycles. The minimum atomic E-state index is -3.64. The summed E-state index contributed by atoms with van der Waals surface area (Å²) in [4.78, 5) is 16.1. The Morgan fingerprint density at radius 2 is 1.55 bits per heavy atom. The van der Waals surface area contributed by atoms with Crippen LogP contribution in [-0.2, 0) is 10.0 Å². The minimum Gasteiger partial charge on any atom is -0.339 e. The van der Waals surface area contributed by atoms with Crippen LogP contribution in [0.15, 0.2) is 28.0 Å². The largest absolute Gasteiger partial charge is 0.339 e. The molecule has 1 heterocycles. The standard InChI is InChI=1S/C22H34N2O3S2/c1-28-21-14-13-19(17-20(21)22(25)24-15-9-5-6-10-16-24)29(26,27)23-18-11-7-3-2-4-8-12-18/h13-14,17-18,23H,2-12,15-16H2,1H3. The lowest BCUT2D eigenvalue weighted by Crippen LogP contribution is -2.36. The zero-order chi connectivity index (χ0) is 20.7. The third kappa shape index (κ3) is 6.22. The van der Waals surface area contributed by atoms with Crippen molar-refractivity contribution in [3.63, 3.8) is 0 Å². The third-order valence-corrected chi connectivity index (χ3v) is 8.35. The number of carbonyl (C=O) groups excluding carboxylic acids is 1. The zero-order valence-electron chi connectivity index (χ0n) is 17.5. The second kappa shape index (κ2) is 10.8. The van der Waals surface area contributed by atoms with Gasteiger partial charge in [0.25, 0.3) is 5.91 Å². The molecule has 0 spiro atoms. The van der Waals surface area contributed by atoms with Crippen molar-refractivity contribution < 1.29 is 13.2 Å². The molecule has 0 bridgehead atoms. The maximum atomic E-state index is 13.2. The summed E-state index contributed by atoms with van der Waals surface area (Å²) in [5.41, 5.74) is 0.514. The second-order valence-electron chi connectivity index (χ2n) is 8.23. The van der Waals surface area contributed by atoms with Crippen LogP contribution in [0.25, 0.3) is 0 Å². The van der Waals surface area contributed by atoms with Crippen molar-refractivity contribution in [3.8, 4) is 0 Å². The Morgan fingerprint density at radius 3 is 2.17 bits per heavy atom. The molecule has 3 rings (SSSR count). The number of likely N-dealkylation sites (tertiary alicyclic amines) is 1. The predicted molar refractivity (Wildman–Crippen MR) is 119 cm³/mol. The minimum absolute atomic E-state index is 0.00900. The van der Waals surface area contributed by atoms with Crippen LogP contribution in [0.5, 0.6) is 0 Å². The number of amides is 1. The highest BCUT2D eigenvalue weighted by atomic mass is 32.2. The number of benzene rings is 1. The molecule has 0 radical (unpaired) electrons. The molecule has 1 aliphatic heterocycles. The molecule has 1 aromatic carbocycles. The van der Waals surface area contributed by atoms with Gasteiger partial charge in [-0.25, -0.2) is 13.1 Å². The van der Waals surface area contributed by atoms with Crippen LogP contribution in [0.2, 0.25) is 0 Å². The lowest BCUT2D eigenvalue weighted by molar-refractivity contribution is 0.0758. The van der Waals surface area contributed by atoms with Crippen LogP contribution in [0.1, 0.15) is 81.0 Å². The van der Waals surface area contributed by atoms with Gasteiger partial charge in [-0.3, -0.25) is 4.79 Å². The van der Waals surface area contributed by atoms with Crippen molar-refractivity contribution in [2.45, 2.75) is 86.5 Å².